The van der Waals surface area contributed by atoms with Gasteiger partial charge in [0.05, 0.1) is 0 Å². The summed E-state index contributed by atoms with van der Waals surface area (Å²) < 4.78 is 0. The minimum Gasteiger partial charge on any atom is -0.346 e. The number of fused-ring (bicyclic) bond motifs is 1. The van der Waals surface area contributed by atoms with Gasteiger partial charge in [0.15, 0.2) is 0 Å². The molecule has 0 saturated carbocycles. The van der Waals surface area contributed by atoms with Gasteiger partial charge in [-0.15, -0.1) is 0 Å². The lowest BCUT2D eigenvalue weighted by Crippen LogP contribution is -2.12. The number of benzene rings is 3. The monoisotopic (exact) mass is 277 g/mol. The van der Waals surface area contributed by atoms with Crippen LogP contribution in [0.5, 0.6) is 0 Å². The second-order valence-electron chi connectivity index (χ2n) is 4.80. The van der Waals surface area contributed by atoms with Crippen LogP contribution in [0.2, 0.25) is 0 Å². The zero-order valence-electron chi connectivity index (χ0n) is 11.3. The summed E-state index contributed by atoms with van der Waals surface area (Å²) >= 11 is 5.54. The van der Waals surface area contributed by atoms with Crippen LogP contribution in [0.1, 0.15) is 11.1 Å². The van der Waals surface area contributed by atoms with Crippen molar-refractivity contribution >= 4 is 33.7 Å². The van der Waals surface area contributed by atoms with E-state index in [2.05, 4.69) is 48.6 Å². The molecule has 98 valence electrons. The van der Waals surface area contributed by atoms with Gasteiger partial charge < -0.3 is 5.32 Å². The fraction of sp³-hybridized carbons (Fsp3) is 0.0556. The Morgan fingerprint density at radius 3 is 2.40 bits per heavy atom. The highest BCUT2D eigenvalue weighted by molar-refractivity contribution is 7.81. The topological polar surface area (TPSA) is 12.0 Å². The van der Waals surface area contributed by atoms with Crippen molar-refractivity contribution in [2.75, 3.05) is 5.32 Å². The van der Waals surface area contributed by atoms with Crippen molar-refractivity contribution in [1.29, 1.82) is 0 Å². The van der Waals surface area contributed by atoms with Crippen molar-refractivity contribution in [1.82, 2.24) is 0 Å². The second kappa shape index (κ2) is 5.43. The number of thiocarbonyl (C=S) groups is 1. The van der Waals surface area contributed by atoms with E-state index >= 15 is 0 Å². The average molecular weight is 277 g/mol. The second-order valence-corrected chi connectivity index (χ2v) is 5.20. The molecule has 0 aromatic heterocycles. The standard InChI is InChI=1S/C18H15NS/c1-13-7-2-4-10-15(13)18(20)19-17-12-6-9-14-8-3-5-11-16(14)17/h2-12H,1H3,(H,19,20). The predicted octanol–water partition coefficient (Wildman–Crippen LogP) is 4.94. The molecule has 0 aliphatic carbocycles. The van der Waals surface area contributed by atoms with Crippen LogP contribution in [-0.4, -0.2) is 4.99 Å². The summed E-state index contributed by atoms with van der Waals surface area (Å²) in [6, 6.07) is 22.7. The predicted molar refractivity (Wildman–Crippen MR) is 90.4 cm³/mol. The third-order valence-electron chi connectivity index (χ3n) is 3.43. The van der Waals surface area contributed by atoms with E-state index in [1.807, 2.05) is 30.3 Å². The Morgan fingerprint density at radius 2 is 1.55 bits per heavy atom. The lowest BCUT2D eigenvalue weighted by atomic mass is 10.1. The quantitative estimate of drug-likeness (QED) is 0.666. The molecule has 3 aromatic carbocycles. The first kappa shape index (κ1) is 12.8. The summed E-state index contributed by atoms with van der Waals surface area (Å²) in [7, 11) is 0. The van der Waals surface area contributed by atoms with Gasteiger partial charge in [0.25, 0.3) is 0 Å². The van der Waals surface area contributed by atoms with Crippen LogP contribution in [0.3, 0.4) is 0 Å². The first-order valence-corrected chi connectivity index (χ1v) is 7.01. The van der Waals surface area contributed by atoms with Crippen LogP contribution < -0.4 is 5.32 Å². The maximum absolute atomic E-state index is 5.54. The molecule has 3 rings (SSSR count). The Bertz CT molecular complexity index is 772. The molecule has 0 saturated heterocycles. The number of hydrogen-bond donors (Lipinski definition) is 1. The van der Waals surface area contributed by atoms with Gasteiger partial charge in [0, 0.05) is 16.6 Å². The Balaban J connectivity index is 1.98. The van der Waals surface area contributed by atoms with E-state index in [-0.39, 0.29) is 0 Å². The van der Waals surface area contributed by atoms with Crippen LogP contribution in [0.15, 0.2) is 66.7 Å². The Morgan fingerprint density at radius 1 is 0.850 bits per heavy atom. The molecule has 0 aliphatic rings. The van der Waals surface area contributed by atoms with E-state index in [9.17, 15) is 0 Å². The van der Waals surface area contributed by atoms with Crippen LogP contribution in [0.4, 0.5) is 5.69 Å². The van der Waals surface area contributed by atoms with Crippen LogP contribution in [0.25, 0.3) is 10.8 Å². The third kappa shape index (κ3) is 2.43. The van der Waals surface area contributed by atoms with Crippen molar-refractivity contribution in [3.63, 3.8) is 0 Å². The molecule has 0 bridgehead atoms. The Kier molecular flexibility index (Phi) is 3.48. The van der Waals surface area contributed by atoms with Gasteiger partial charge in [-0.05, 0) is 23.9 Å². The van der Waals surface area contributed by atoms with Crippen LogP contribution in [0, 0.1) is 6.92 Å². The number of aryl methyl sites for hydroxylation is 1. The van der Waals surface area contributed by atoms with Gasteiger partial charge in [-0.2, -0.15) is 0 Å². The van der Waals surface area contributed by atoms with Gasteiger partial charge >= 0.3 is 0 Å². The molecule has 0 radical (unpaired) electrons. The summed E-state index contributed by atoms with van der Waals surface area (Å²) in [5.41, 5.74) is 3.32. The molecule has 0 atom stereocenters. The molecular formula is C18H15NS. The van der Waals surface area contributed by atoms with Gasteiger partial charge in [0.2, 0.25) is 0 Å². The van der Waals surface area contributed by atoms with E-state index in [1.54, 1.807) is 0 Å². The maximum atomic E-state index is 5.54. The highest BCUT2D eigenvalue weighted by atomic mass is 32.1. The smallest absolute Gasteiger partial charge is 0.111 e. The van der Waals surface area contributed by atoms with Gasteiger partial charge in [-0.1, -0.05) is 72.9 Å². The largest absolute Gasteiger partial charge is 0.346 e. The Hall–Kier alpha value is -2.19. The molecule has 0 unspecified atom stereocenters. The minimum atomic E-state index is 0.763. The first-order valence-electron chi connectivity index (χ1n) is 6.60. The fourth-order valence-corrected chi connectivity index (χ4v) is 2.69. The van der Waals surface area contributed by atoms with Gasteiger partial charge in [-0.25, -0.2) is 0 Å². The highest BCUT2D eigenvalue weighted by Crippen LogP contribution is 2.24. The van der Waals surface area contributed by atoms with Crippen molar-refractivity contribution in [3.8, 4) is 0 Å². The fourth-order valence-electron chi connectivity index (χ4n) is 2.35. The molecule has 0 fully saturated rings. The van der Waals surface area contributed by atoms with Crippen molar-refractivity contribution in [2.24, 2.45) is 0 Å². The van der Waals surface area contributed by atoms with E-state index in [1.165, 1.54) is 16.3 Å². The van der Waals surface area contributed by atoms with Crippen molar-refractivity contribution < 1.29 is 0 Å². The van der Waals surface area contributed by atoms with E-state index in [0.717, 1.165) is 16.2 Å². The highest BCUT2D eigenvalue weighted by Gasteiger charge is 2.06. The molecular weight excluding hydrogens is 262 g/mol. The maximum Gasteiger partial charge on any atom is 0.111 e. The first-order chi connectivity index (χ1) is 9.75. The molecule has 20 heavy (non-hydrogen) atoms. The summed E-state index contributed by atoms with van der Waals surface area (Å²) in [6.45, 7) is 2.08. The van der Waals surface area contributed by atoms with E-state index in [0.29, 0.717) is 0 Å². The normalized spacial score (nSPS) is 10.4. The van der Waals surface area contributed by atoms with Crippen LogP contribution >= 0.6 is 12.2 Å². The zero-order valence-corrected chi connectivity index (χ0v) is 12.1. The van der Waals surface area contributed by atoms with E-state index in [4.69, 9.17) is 12.2 Å². The lowest BCUT2D eigenvalue weighted by molar-refractivity contribution is 1.44. The van der Waals surface area contributed by atoms with Crippen molar-refractivity contribution in [2.45, 2.75) is 6.92 Å². The average Bonchev–Trinajstić information content (AvgIpc) is 2.48. The molecule has 3 aromatic rings. The molecule has 1 nitrogen and oxygen atoms in total. The van der Waals surface area contributed by atoms with E-state index < -0.39 is 0 Å². The molecule has 0 heterocycles. The number of hydrogen-bond acceptors (Lipinski definition) is 1. The summed E-state index contributed by atoms with van der Waals surface area (Å²) in [5.74, 6) is 0. The lowest BCUT2D eigenvalue weighted by Gasteiger charge is -2.12. The number of nitrogens with one attached hydrogen (secondary N) is 1. The van der Waals surface area contributed by atoms with Crippen molar-refractivity contribution in [3.05, 3.63) is 77.9 Å². The SMILES string of the molecule is Cc1ccccc1C(=S)Nc1cccc2ccccc12. The summed E-state index contributed by atoms with van der Waals surface area (Å²) in [6.07, 6.45) is 0. The summed E-state index contributed by atoms with van der Waals surface area (Å²) in [5, 5.41) is 5.77. The van der Waals surface area contributed by atoms with Gasteiger partial charge in [0.1, 0.15) is 4.99 Å². The summed E-state index contributed by atoms with van der Waals surface area (Å²) in [4.78, 5) is 0.763. The number of anilines is 1. The zero-order chi connectivity index (χ0) is 13.9. The van der Waals surface area contributed by atoms with Gasteiger partial charge in [-0.3, -0.25) is 0 Å². The minimum absolute atomic E-state index is 0.763. The number of rotatable bonds is 2. The Labute approximate surface area is 124 Å². The van der Waals surface area contributed by atoms with Crippen LogP contribution in [-0.2, 0) is 0 Å². The molecule has 2 heteroatoms. The molecule has 0 aliphatic heterocycles. The molecule has 1 N–H and O–H groups in total. The molecule has 0 amide bonds. The third-order valence-corrected chi connectivity index (χ3v) is 3.75. The molecule has 0 spiro atoms.